The Morgan fingerprint density at radius 2 is 1.63 bits per heavy atom. The van der Waals surface area contributed by atoms with E-state index in [2.05, 4.69) is 9.97 Å². The van der Waals surface area contributed by atoms with E-state index in [9.17, 15) is 14.0 Å². The second-order valence-corrected chi connectivity index (χ2v) is 8.93. The van der Waals surface area contributed by atoms with Gasteiger partial charge in [0.2, 0.25) is 5.95 Å². The van der Waals surface area contributed by atoms with Gasteiger partial charge < -0.3 is 21.1 Å². The summed E-state index contributed by atoms with van der Waals surface area (Å²) in [5.41, 5.74) is 15.8. The van der Waals surface area contributed by atoms with Crippen molar-refractivity contribution < 1.29 is 18.7 Å². The number of fused-ring (bicyclic) bond motifs is 2. The maximum Gasteiger partial charge on any atom is 0.320 e. The molecule has 1 aliphatic heterocycles. The molecule has 0 radical (unpaired) electrons. The van der Waals surface area contributed by atoms with Crippen molar-refractivity contribution in [3.05, 3.63) is 101 Å². The molecule has 41 heavy (non-hydrogen) atoms. The van der Waals surface area contributed by atoms with Crippen molar-refractivity contribution in [3.63, 3.8) is 0 Å². The minimum atomic E-state index is -0.567. The molecule has 3 aromatic carbocycles. The molecular formula is C32H36FN5O3. The maximum absolute atomic E-state index is 14.2. The van der Waals surface area contributed by atoms with Gasteiger partial charge in [0.05, 0.1) is 12.1 Å². The third-order valence-corrected chi connectivity index (χ3v) is 6.32. The Balaban J connectivity index is 0.000000710. The lowest BCUT2D eigenvalue weighted by molar-refractivity contribution is -0.143. The lowest BCUT2D eigenvalue weighted by Gasteiger charge is -2.17. The standard InChI is InChI=1S/C26H22FN5O3.C4H8.C2H6/c27-19-7-5-18(14-35-23(33)11-28)20(10-19)15-6-8-22-21(9-15)24(31-26(29)30-22)25(34)32-12-16-3-1-2-4-17(16)13-32;1-3-4-2;1-2/h1-10H,11-14,28H2,(H2,29,30,31);3-4H,1-2H3;1-2H3/b;4-3-;. The van der Waals surface area contributed by atoms with Crippen LogP contribution in [0.5, 0.6) is 0 Å². The molecule has 8 nitrogen and oxygen atoms in total. The predicted molar refractivity (Wildman–Crippen MR) is 160 cm³/mol. The number of anilines is 1. The minimum absolute atomic E-state index is 0.00884. The van der Waals surface area contributed by atoms with Crippen molar-refractivity contribution in [3.8, 4) is 11.1 Å². The number of hydrogen-bond donors (Lipinski definition) is 2. The van der Waals surface area contributed by atoms with Crippen molar-refractivity contribution in [2.75, 3.05) is 12.3 Å². The molecule has 0 saturated heterocycles. The normalized spacial score (nSPS) is 11.8. The Hall–Kier alpha value is -4.63. The highest BCUT2D eigenvalue weighted by atomic mass is 19.1. The number of nitrogens with two attached hydrogens (primary N) is 2. The number of nitrogens with zero attached hydrogens (tertiary/aromatic N) is 3. The molecule has 1 aromatic heterocycles. The number of carbonyl (C=O) groups is 2. The Labute approximate surface area is 239 Å². The molecule has 0 saturated carbocycles. The Morgan fingerprint density at radius 3 is 2.24 bits per heavy atom. The molecule has 4 aromatic rings. The quantitative estimate of drug-likeness (QED) is 0.235. The van der Waals surface area contributed by atoms with Crippen LogP contribution in [0, 0.1) is 5.82 Å². The third-order valence-electron chi connectivity index (χ3n) is 6.32. The topological polar surface area (TPSA) is 124 Å². The van der Waals surface area contributed by atoms with Crippen LogP contribution in [-0.4, -0.2) is 33.3 Å². The number of allylic oxidation sites excluding steroid dienone is 2. The number of hydrogen-bond acceptors (Lipinski definition) is 7. The zero-order chi connectivity index (χ0) is 29.9. The summed E-state index contributed by atoms with van der Waals surface area (Å²) in [6.45, 7) is 8.62. The lowest BCUT2D eigenvalue weighted by atomic mass is 9.97. The van der Waals surface area contributed by atoms with E-state index in [1.165, 1.54) is 12.1 Å². The number of aromatic nitrogens is 2. The van der Waals surface area contributed by atoms with Crippen LogP contribution in [0.25, 0.3) is 22.0 Å². The fraction of sp³-hybridized carbons (Fsp3) is 0.250. The van der Waals surface area contributed by atoms with E-state index in [1.807, 2.05) is 64.1 Å². The summed E-state index contributed by atoms with van der Waals surface area (Å²) in [7, 11) is 0. The van der Waals surface area contributed by atoms with Crippen LogP contribution in [0.3, 0.4) is 0 Å². The first-order valence-corrected chi connectivity index (χ1v) is 13.5. The van der Waals surface area contributed by atoms with Gasteiger partial charge >= 0.3 is 5.97 Å². The zero-order valence-electron chi connectivity index (χ0n) is 23.9. The molecule has 9 heteroatoms. The van der Waals surface area contributed by atoms with Gasteiger partial charge in [0.15, 0.2) is 0 Å². The summed E-state index contributed by atoms with van der Waals surface area (Å²) < 4.78 is 19.3. The van der Waals surface area contributed by atoms with Gasteiger partial charge in [-0.15, -0.1) is 0 Å². The van der Waals surface area contributed by atoms with Crippen LogP contribution in [0.1, 0.15) is 54.9 Å². The molecule has 214 valence electrons. The molecular weight excluding hydrogens is 521 g/mol. The number of halogens is 1. The molecule has 0 spiro atoms. The van der Waals surface area contributed by atoms with Gasteiger partial charge in [0.25, 0.3) is 5.91 Å². The number of ether oxygens (including phenoxy) is 1. The second-order valence-electron chi connectivity index (χ2n) is 8.93. The Bertz CT molecular complexity index is 1530. The van der Waals surface area contributed by atoms with Gasteiger partial charge in [0.1, 0.15) is 18.1 Å². The van der Waals surface area contributed by atoms with E-state index in [1.54, 1.807) is 29.2 Å². The average Bonchev–Trinajstić information content (AvgIpc) is 3.45. The van der Waals surface area contributed by atoms with E-state index in [0.717, 1.165) is 11.1 Å². The summed E-state index contributed by atoms with van der Waals surface area (Å²) in [4.78, 5) is 35.3. The highest BCUT2D eigenvalue weighted by molar-refractivity contribution is 6.06. The Morgan fingerprint density at radius 1 is 0.976 bits per heavy atom. The largest absolute Gasteiger partial charge is 0.460 e. The molecule has 0 aliphatic carbocycles. The van der Waals surface area contributed by atoms with Gasteiger partial charge in [-0.1, -0.05) is 62.4 Å². The van der Waals surface area contributed by atoms with Crippen molar-refractivity contribution in [1.29, 1.82) is 0 Å². The number of benzene rings is 3. The summed E-state index contributed by atoms with van der Waals surface area (Å²) in [6, 6.07) is 17.3. The van der Waals surface area contributed by atoms with Crippen LogP contribution in [0.15, 0.2) is 72.8 Å². The first-order chi connectivity index (χ1) is 19.8. The summed E-state index contributed by atoms with van der Waals surface area (Å²) in [5, 5.41) is 0.492. The fourth-order valence-corrected chi connectivity index (χ4v) is 4.26. The van der Waals surface area contributed by atoms with Crippen LogP contribution in [0.2, 0.25) is 0 Å². The lowest BCUT2D eigenvalue weighted by Crippen LogP contribution is -2.27. The van der Waals surface area contributed by atoms with Gasteiger partial charge in [-0.25, -0.2) is 14.4 Å². The van der Waals surface area contributed by atoms with E-state index in [0.29, 0.717) is 40.7 Å². The van der Waals surface area contributed by atoms with Crippen molar-refractivity contribution in [1.82, 2.24) is 14.9 Å². The van der Waals surface area contributed by atoms with E-state index in [-0.39, 0.29) is 30.7 Å². The van der Waals surface area contributed by atoms with Gasteiger partial charge in [-0.2, -0.15) is 0 Å². The molecule has 0 bridgehead atoms. The highest BCUT2D eigenvalue weighted by Crippen LogP contribution is 2.31. The molecule has 1 aliphatic rings. The SMILES string of the molecule is C/C=C\C.CC.NCC(=O)OCc1ccc(F)cc1-c1ccc2nc(N)nc(C(=O)N3Cc4ccccc4C3)c2c1. The number of nitrogen functional groups attached to an aromatic ring is 1. The molecule has 0 unspecified atom stereocenters. The van der Waals surface area contributed by atoms with Crippen molar-refractivity contribution in [2.24, 2.45) is 5.73 Å². The zero-order valence-corrected chi connectivity index (χ0v) is 23.9. The van der Waals surface area contributed by atoms with E-state index in [4.69, 9.17) is 16.2 Å². The fourth-order valence-electron chi connectivity index (χ4n) is 4.26. The summed E-state index contributed by atoms with van der Waals surface area (Å²) >= 11 is 0. The van der Waals surface area contributed by atoms with Crippen LogP contribution in [-0.2, 0) is 29.2 Å². The smallest absolute Gasteiger partial charge is 0.320 e. The minimum Gasteiger partial charge on any atom is -0.460 e. The third kappa shape index (κ3) is 7.52. The van der Waals surface area contributed by atoms with E-state index >= 15 is 0 Å². The molecule has 5 rings (SSSR count). The first kappa shape index (κ1) is 30.9. The van der Waals surface area contributed by atoms with Gasteiger partial charge in [0, 0.05) is 18.5 Å². The van der Waals surface area contributed by atoms with Crippen LogP contribution < -0.4 is 11.5 Å². The van der Waals surface area contributed by atoms with Gasteiger partial charge in [-0.3, -0.25) is 9.59 Å². The average molecular weight is 558 g/mol. The molecule has 0 atom stereocenters. The van der Waals surface area contributed by atoms with Crippen molar-refractivity contribution >= 4 is 28.7 Å². The number of carbonyl (C=O) groups excluding carboxylic acids is 2. The van der Waals surface area contributed by atoms with Crippen LogP contribution in [0.4, 0.5) is 10.3 Å². The monoisotopic (exact) mass is 557 g/mol. The second kappa shape index (κ2) is 14.7. The van der Waals surface area contributed by atoms with Gasteiger partial charge in [-0.05, 0) is 65.9 Å². The Kier molecular flexibility index (Phi) is 11.1. The maximum atomic E-state index is 14.2. The first-order valence-electron chi connectivity index (χ1n) is 13.5. The summed E-state index contributed by atoms with van der Waals surface area (Å²) in [6.07, 6.45) is 4.00. The number of rotatable bonds is 5. The highest BCUT2D eigenvalue weighted by Gasteiger charge is 2.27. The predicted octanol–water partition coefficient (Wildman–Crippen LogP) is 5.78. The molecule has 4 N–H and O–H groups in total. The van der Waals surface area contributed by atoms with E-state index < -0.39 is 11.8 Å². The number of amides is 1. The number of esters is 1. The molecule has 2 heterocycles. The van der Waals surface area contributed by atoms with Crippen molar-refractivity contribution in [2.45, 2.75) is 47.4 Å². The van der Waals surface area contributed by atoms with Crippen LogP contribution >= 0.6 is 0 Å². The molecule has 0 fully saturated rings. The molecule has 1 amide bonds. The summed E-state index contributed by atoms with van der Waals surface area (Å²) in [5.74, 6) is -1.30.